The molecule has 0 aromatic rings. The predicted molar refractivity (Wildman–Crippen MR) is 39.5 cm³/mol. The van der Waals surface area contributed by atoms with Gasteiger partial charge in [0.25, 0.3) is 10.1 Å². The van der Waals surface area contributed by atoms with Crippen LogP contribution in [0.3, 0.4) is 0 Å². The van der Waals surface area contributed by atoms with Crippen molar-refractivity contribution in [1.82, 2.24) is 0 Å². The Kier molecular flexibility index (Phi) is 7.93. The molecule has 9 heavy (non-hydrogen) atoms. The van der Waals surface area contributed by atoms with E-state index >= 15 is 0 Å². The van der Waals surface area contributed by atoms with Crippen molar-refractivity contribution in [2.45, 2.75) is 0 Å². The molecule has 0 spiro atoms. The van der Waals surface area contributed by atoms with Crippen LogP contribution in [0.1, 0.15) is 0 Å². The van der Waals surface area contributed by atoms with Gasteiger partial charge in [-0.1, -0.05) is 6.08 Å². The van der Waals surface area contributed by atoms with Gasteiger partial charge >= 0.3 is 37.7 Å². The Hall–Kier alpha value is 0.910. The van der Waals surface area contributed by atoms with Crippen LogP contribution in [0.2, 0.25) is 0 Å². The monoisotopic (exact) mass is 178 g/mol. The van der Waals surface area contributed by atoms with Gasteiger partial charge in [-0.2, -0.15) is 8.42 Å². The maximum absolute atomic E-state index is 10.3. The van der Waals surface area contributed by atoms with Crippen LogP contribution in [0.4, 0.5) is 0 Å². The van der Waals surface area contributed by atoms with Crippen molar-refractivity contribution in [2.75, 3.05) is 12.9 Å². The SMILES string of the molecule is C=CCS(=O)(=O)OC.[CaH2]. The molecule has 52 valence electrons. The Morgan fingerprint density at radius 1 is 1.67 bits per heavy atom. The van der Waals surface area contributed by atoms with E-state index in [1.807, 2.05) is 0 Å². The zero-order valence-corrected chi connectivity index (χ0v) is 5.44. The molecule has 0 aromatic heterocycles. The van der Waals surface area contributed by atoms with E-state index in [1.165, 1.54) is 6.08 Å². The Morgan fingerprint density at radius 2 is 2.11 bits per heavy atom. The van der Waals surface area contributed by atoms with E-state index in [0.717, 1.165) is 7.11 Å². The molecule has 5 heteroatoms. The summed E-state index contributed by atoms with van der Waals surface area (Å²) in [5.74, 6) is -0.122. The van der Waals surface area contributed by atoms with Gasteiger partial charge in [0, 0.05) is 0 Å². The number of hydrogen-bond acceptors (Lipinski definition) is 3. The molecule has 0 aliphatic heterocycles. The summed E-state index contributed by atoms with van der Waals surface area (Å²) in [6.45, 7) is 3.23. The molecule has 0 rings (SSSR count). The van der Waals surface area contributed by atoms with Gasteiger partial charge in [-0.3, -0.25) is 4.18 Å². The molecule has 3 nitrogen and oxygen atoms in total. The van der Waals surface area contributed by atoms with Gasteiger partial charge < -0.3 is 0 Å². The van der Waals surface area contributed by atoms with Gasteiger partial charge in [0.15, 0.2) is 0 Å². The van der Waals surface area contributed by atoms with Gasteiger partial charge in [0.2, 0.25) is 0 Å². The topological polar surface area (TPSA) is 43.4 Å². The minimum atomic E-state index is -3.29. The zero-order chi connectivity index (χ0) is 6.62. The second-order valence-electron chi connectivity index (χ2n) is 1.18. The molecule has 0 heterocycles. The van der Waals surface area contributed by atoms with Crippen LogP contribution in [-0.4, -0.2) is 59.0 Å². The first-order valence-electron chi connectivity index (χ1n) is 2.01. The second kappa shape index (κ2) is 5.68. The fourth-order valence-electron chi connectivity index (χ4n) is 0.212. The Morgan fingerprint density at radius 3 is 2.22 bits per heavy atom. The van der Waals surface area contributed by atoms with Crippen molar-refractivity contribution < 1.29 is 12.6 Å². The Labute approximate surface area is 85.2 Å². The summed E-state index contributed by atoms with van der Waals surface area (Å²) in [4.78, 5) is 0. The predicted octanol–water partition coefficient (Wildman–Crippen LogP) is -0.768. The van der Waals surface area contributed by atoms with E-state index in [4.69, 9.17) is 0 Å². The second-order valence-corrected chi connectivity index (χ2v) is 2.96. The molecular weight excluding hydrogens is 168 g/mol. The first-order valence-corrected chi connectivity index (χ1v) is 3.59. The van der Waals surface area contributed by atoms with Crippen LogP contribution in [0.25, 0.3) is 0 Å². The standard InChI is InChI=1S/C4H8O3S.Ca.2H/c1-3-4-8(5,6)7-2;;;/h3H,1,4H2,2H3;;;. The summed E-state index contributed by atoms with van der Waals surface area (Å²) in [5, 5.41) is 0. The van der Waals surface area contributed by atoms with Crippen LogP contribution >= 0.6 is 0 Å². The molecule has 0 N–H and O–H groups in total. The third-order valence-electron chi connectivity index (χ3n) is 0.576. The first kappa shape index (κ1) is 12.6. The van der Waals surface area contributed by atoms with Crippen molar-refractivity contribution >= 4 is 47.9 Å². The molecule has 0 fully saturated rings. The van der Waals surface area contributed by atoms with Crippen LogP contribution < -0.4 is 0 Å². The summed E-state index contributed by atoms with van der Waals surface area (Å²) in [6, 6.07) is 0. The Balaban J connectivity index is 0. The van der Waals surface area contributed by atoms with Gasteiger partial charge in [-0.05, 0) is 0 Å². The van der Waals surface area contributed by atoms with Gasteiger partial charge in [-0.25, -0.2) is 0 Å². The normalized spacial score (nSPS) is 9.89. The molecule has 0 unspecified atom stereocenters. The van der Waals surface area contributed by atoms with Crippen molar-refractivity contribution in [2.24, 2.45) is 0 Å². The summed E-state index contributed by atoms with van der Waals surface area (Å²) in [6.07, 6.45) is 1.28. The van der Waals surface area contributed by atoms with Crippen LogP contribution in [0.5, 0.6) is 0 Å². The van der Waals surface area contributed by atoms with Crippen LogP contribution in [0.15, 0.2) is 12.7 Å². The third kappa shape index (κ3) is 6.80. The summed E-state index contributed by atoms with van der Waals surface area (Å²) in [7, 11) is -2.16. The molecule has 0 aliphatic carbocycles. The third-order valence-corrected chi connectivity index (χ3v) is 1.73. The van der Waals surface area contributed by atoms with Crippen molar-refractivity contribution in [3.63, 3.8) is 0 Å². The molecule has 0 amide bonds. The average molecular weight is 178 g/mol. The van der Waals surface area contributed by atoms with Crippen LogP contribution in [0, 0.1) is 0 Å². The van der Waals surface area contributed by atoms with E-state index in [2.05, 4.69) is 10.8 Å². The van der Waals surface area contributed by atoms with E-state index in [1.54, 1.807) is 0 Å². The fraction of sp³-hybridized carbons (Fsp3) is 0.500. The Bertz CT molecular complexity index is 161. The van der Waals surface area contributed by atoms with Crippen LogP contribution in [-0.2, 0) is 14.3 Å². The van der Waals surface area contributed by atoms with E-state index < -0.39 is 10.1 Å². The molecule has 0 atom stereocenters. The van der Waals surface area contributed by atoms with E-state index in [0.29, 0.717) is 0 Å². The molecule has 0 aliphatic rings. The first-order chi connectivity index (χ1) is 3.62. The minimum absolute atomic E-state index is 0. The number of hydrogen-bond donors (Lipinski definition) is 0. The van der Waals surface area contributed by atoms with Crippen molar-refractivity contribution in [3.8, 4) is 0 Å². The summed E-state index contributed by atoms with van der Waals surface area (Å²) >= 11 is 0. The van der Waals surface area contributed by atoms with Gasteiger partial charge in [0.05, 0.1) is 12.9 Å². The molecule has 0 saturated heterocycles. The molecular formula is C4H10CaO3S. The maximum atomic E-state index is 10.3. The molecule has 0 aromatic carbocycles. The summed E-state index contributed by atoms with van der Waals surface area (Å²) in [5.41, 5.74) is 0. The fourth-order valence-corrected chi connectivity index (χ4v) is 0.637. The van der Waals surface area contributed by atoms with Crippen molar-refractivity contribution in [3.05, 3.63) is 12.7 Å². The van der Waals surface area contributed by atoms with E-state index in [9.17, 15) is 8.42 Å². The van der Waals surface area contributed by atoms with Crippen molar-refractivity contribution in [1.29, 1.82) is 0 Å². The molecule has 0 bridgehead atoms. The number of rotatable bonds is 3. The van der Waals surface area contributed by atoms with Gasteiger partial charge in [0.1, 0.15) is 0 Å². The van der Waals surface area contributed by atoms with E-state index in [-0.39, 0.29) is 43.5 Å². The van der Waals surface area contributed by atoms with Gasteiger partial charge in [-0.15, -0.1) is 6.58 Å². The zero-order valence-electron chi connectivity index (χ0n) is 4.62. The average Bonchev–Trinajstić information content (AvgIpc) is 1.67. The summed E-state index contributed by atoms with van der Waals surface area (Å²) < 4.78 is 24.7. The molecule has 0 radical (unpaired) electrons. The quantitative estimate of drug-likeness (QED) is 0.324. The molecule has 0 saturated carbocycles.